The van der Waals surface area contributed by atoms with Crippen LogP contribution in [0.4, 0.5) is 4.79 Å². The van der Waals surface area contributed by atoms with Crippen molar-refractivity contribution in [3.63, 3.8) is 0 Å². The van der Waals surface area contributed by atoms with Gasteiger partial charge < -0.3 is 24.3 Å². The fraction of sp³-hybridized carbons (Fsp3) is 0.600. The van der Waals surface area contributed by atoms with Gasteiger partial charge in [0.15, 0.2) is 0 Å². The molecule has 6 nitrogen and oxygen atoms in total. The van der Waals surface area contributed by atoms with Crippen LogP contribution in [0.25, 0.3) is 5.32 Å². The minimum absolute atomic E-state index is 0. The van der Waals surface area contributed by atoms with Gasteiger partial charge in [0.1, 0.15) is 19.5 Å². The van der Waals surface area contributed by atoms with Gasteiger partial charge in [-0.05, 0) is 25.3 Å². The average molecular weight is 410 g/mol. The molecule has 0 fully saturated rings. The van der Waals surface area contributed by atoms with Crippen LogP contribution >= 0.6 is 0 Å². The molecule has 0 saturated heterocycles. The van der Waals surface area contributed by atoms with Gasteiger partial charge in [-0.3, -0.25) is 4.79 Å². The monoisotopic (exact) mass is 409 g/mol. The standard InChI is InChI=1S/C15H23NO4.C3H8O.C2H6.K/c1-4-7-13(5-2)12-20-15(18)16-9-8-14(6-3)19-11-10-17;1-3-4-2;1-2;/h4-5,7,10,14H,1-2,6,8-9,11-12H2,3H3,(H,16,18);3H2,1-2H3;1-2H3;/q;;;+1/p-1/b13-7+;;;. The second-order valence-corrected chi connectivity index (χ2v) is 4.51. The Morgan fingerprint density at radius 2 is 1.81 bits per heavy atom. The minimum atomic E-state index is -0.618. The Labute approximate surface area is 208 Å². The molecule has 0 aromatic heterocycles. The van der Waals surface area contributed by atoms with Crippen molar-refractivity contribution in [3.8, 4) is 0 Å². The smallest absolute Gasteiger partial charge is 0.617 e. The summed E-state index contributed by atoms with van der Waals surface area (Å²) < 4.78 is 14.8. The van der Waals surface area contributed by atoms with Crippen molar-refractivity contribution < 1.29 is 75.2 Å². The van der Waals surface area contributed by atoms with E-state index in [-0.39, 0.29) is 70.7 Å². The summed E-state index contributed by atoms with van der Waals surface area (Å²) in [6.45, 7) is 16.4. The number of amides is 1. The molecule has 0 aliphatic heterocycles. The molecule has 0 N–H and O–H groups in total. The van der Waals surface area contributed by atoms with Gasteiger partial charge in [-0.25, -0.2) is 0 Å². The van der Waals surface area contributed by atoms with Crippen LogP contribution in [0.5, 0.6) is 0 Å². The molecule has 0 aromatic carbocycles. The summed E-state index contributed by atoms with van der Waals surface area (Å²) >= 11 is 0. The van der Waals surface area contributed by atoms with Crippen LogP contribution in [0.2, 0.25) is 0 Å². The second kappa shape index (κ2) is 30.4. The zero-order valence-electron chi connectivity index (χ0n) is 18.0. The number of hydrogen-bond donors (Lipinski definition) is 0. The summed E-state index contributed by atoms with van der Waals surface area (Å²) in [4.78, 5) is 21.6. The summed E-state index contributed by atoms with van der Waals surface area (Å²) in [5, 5.41) is 3.77. The van der Waals surface area contributed by atoms with Crippen LogP contribution in [-0.2, 0) is 19.0 Å². The Bertz CT molecular complexity index is 385. The summed E-state index contributed by atoms with van der Waals surface area (Å²) in [5.74, 6) is 0. The fourth-order valence-electron chi connectivity index (χ4n) is 1.40. The van der Waals surface area contributed by atoms with E-state index >= 15 is 0 Å². The molecular formula is C20H36KNO5. The molecule has 1 amide bonds. The van der Waals surface area contributed by atoms with Crippen LogP contribution in [0.15, 0.2) is 37.0 Å². The van der Waals surface area contributed by atoms with E-state index in [2.05, 4.69) is 23.2 Å². The molecule has 1 unspecified atom stereocenters. The molecule has 0 aromatic rings. The van der Waals surface area contributed by atoms with E-state index in [4.69, 9.17) is 9.47 Å². The number of carbonyl (C=O) groups excluding carboxylic acids is 2. The number of allylic oxidation sites excluding steroid dienone is 2. The Hall–Kier alpha value is -0.284. The van der Waals surface area contributed by atoms with E-state index in [1.165, 1.54) is 0 Å². The number of methoxy groups -OCH3 is 1. The minimum Gasteiger partial charge on any atom is -0.617 e. The van der Waals surface area contributed by atoms with Gasteiger partial charge in [0.25, 0.3) is 0 Å². The van der Waals surface area contributed by atoms with Gasteiger partial charge in [-0.1, -0.05) is 52.2 Å². The van der Waals surface area contributed by atoms with E-state index in [1.54, 1.807) is 25.3 Å². The Kier molecular flexibility index (Phi) is 38.6. The van der Waals surface area contributed by atoms with Gasteiger partial charge >= 0.3 is 51.4 Å². The summed E-state index contributed by atoms with van der Waals surface area (Å²) in [6.07, 6.45) is 6.26. The normalized spacial score (nSPS) is 10.5. The SMILES string of the molecule is C=C/C=C(\C=C)COC(=O)[N-]CCC(CC)OCC=O.CC.CCOC.[K+]. The van der Waals surface area contributed by atoms with E-state index in [1.807, 2.05) is 27.7 Å². The quantitative estimate of drug-likeness (QED) is 0.279. The van der Waals surface area contributed by atoms with Crippen LogP contribution in [0.1, 0.15) is 40.5 Å². The molecule has 0 aliphatic rings. The van der Waals surface area contributed by atoms with E-state index in [9.17, 15) is 9.59 Å². The predicted octanol–water partition coefficient (Wildman–Crippen LogP) is 1.86. The van der Waals surface area contributed by atoms with Crippen molar-refractivity contribution in [1.82, 2.24) is 0 Å². The van der Waals surface area contributed by atoms with Gasteiger partial charge in [-0.15, -0.1) is 6.54 Å². The van der Waals surface area contributed by atoms with Crippen LogP contribution in [0, 0.1) is 0 Å². The van der Waals surface area contributed by atoms with Crippen molar-refractivity contribution in [2.24, 2.45) is 0 Å². The first-order valence-corrected chi connectivity index (χ1v) is 8.91. The number of aldehydes is 1. The zero-order chi connectivity index (χ0) is 20.6. The third-order valence-electron chi connectivity index (χ3n) is 2.79. The van der Waals surface area contributed by atoms with Crippen molar-refractivity contribution in [1.29, 1.82) is 0 Å². The van der Waals surface area contributed by atoms with Crippen molar-refractivity contribution in [2.45, 2.75) is 46.6 Å². The molecule has 152 valence electrons. The molecule has 0 bridgehead atoms. The number of nitrogens with zero attached hydrogens (tertiary/aromatic N) is 1. The zero-order valence-corrected chi connectivity index (χ0v) is 21.2. The molecule has 0 rings (SSSR count). The number of ether oxygens (including phenoxy) is 3. The van der Waals surface area contributed by atoms with Gasteiger partial charge in [0, 0.05) is 13.7 Å². The fourth-order valence-corrected chi connectivity index (χ4v) is 1.40. The summed E-state index contributed by atoms with van der Waals surface area (Å²) in [6, 6.07) is 0. The second-order valence-electron chi connectivity index (χ2n) is 4.51. The Balaban J connectivity index is -0.000000332. The first kappa shape index (κ1) is 34.2. The molecule has 0 spiro atoms. The number of rotatable bonds is 12. The molecule has 0 heterocycles. The third-order valence-corrected chi connectivity index (χ3v) is 2.79. The molecular weight excluding hydrogens is 373 g/mol. The van der Waals surface area contributed by atoms with Crippen LogP contribution in [-0.4, -0.2) is 52.0 Å². The third kappa shape index (κ3) is 28.0. The Morgan fingerprint density at radius 1 is 1.22 bits per heavy atom. The predicted molar refractivity (Wildman–Crippen MR) is 108 cm³/mol. The largest absolute Gasteiger partial charge is 1.00 e. The van der Waals surface area contributed by atoms with Crippen LogP contribution < -0.4 is 51.4 Å². The first-order valence-electron chi connectivity index (χ1n) is 8.91. The molecule has 0 aliphatic carbocycles. The molecule has 0 radical (unpaired) electrons. The van der Waals surface area contributed by atoms with Gasteiger partial charge in [-0.2, -0.15) is 0 Å². The topological polar surface area (TPSA) is 75.9 Å². The maximum absolute atomic E-state index is 11.4. The maximum Gasteiger partial charge on any atom is 1.00 e. The summed E-state index contributed by atoms with van der Waals surface area (Å²) in [5.41, 5.74) is 0.754. The van der Waals surface area contributed by atoms with Gasteiger partial charge in [0.05, 0.1) is 6.10 Å². The van der Waals surface area contributed by atoms with Crippen molar-refractivity contribution >= 4 is 12.4 Å². The van der Waals surface area contributed by atoms with E-state index in [0.717, 1.165) is 18.6 Å². The first-order chi connectivity index (χ1) is 12.6. The van der Waals surface area contributed by atoms with E-state index in [0.29, 0.717) is 19.3 Å². The molecule has 1 atom stereocenters. The molecule has 0 saturated carbocycles. The molecule has 27 heavy (non-hydrogen) atoms. The number of carbonyl (C=O) groups is 2. The van der Waals surface area contributed by atoms with Crippen LogP contribution in [0.3, 0.4) is 0 Å². The van der Waals surface area contributed by atoms with Crippen molar-refractivity contribution in [2.75, 3.05) is 33.5 Å². The molecule has 7 heteroatoms. The maximum atomic E-state index is 11.4. The van der Waals surface area contributed by atoms with E-state index < -0.39 is 6.09 Å². The Morgan fingerprint density at radius 3 is 2.22 bits per heavy atom. The summed E-state index contributed by atoms with van der Waals surface area (Å²) in [7, 11) is 1.68. The van der Waals surface area contributed by atoms with Gasteiger partial charge in [0.2, 0.25) is 6.09 Å². The van der Waals surface area contributed by atoms with Crippen molar-refractivity contribution in [3.05, 3.63) is 42.3 Å². The number of hydrogen-bond acceptors (Lipinski definition) is 5. The average Bonchev–Trinajstić information content (AvgIpc) is 2.69.